The van der Waals surface area contributed by atoms with Crippen molar-refractivity contribution in [3.8, 4) is 5.75 Å². The Balaban J connectivity index is 0.000000517. The van der Waals surface area contributed by atoms with Crippen LogP contribution in [0.15, 0.2) is 87.4 Å². The fourth-order valence-electron chi connectivity index (χ4n) is 3.82. The lowest BCUT2D eigenvalue weighted by atomic mass is 10.1. The Morgan fingerprint density at radius 1 is 1.02 bits per heavy atom. The van der Waals surface area contributed by atoms with Crippen LogP contribution >= 0.6 is 0 Å². The van der Waals surface area contributed by atoms with Crippen molar-refractivity contribution in [2.45, 2.75) is 24.6 Å². The second kappa shape index (κ2) is 11.7. The number of aromatic amines is 2. The summed E-state index contributed by atoms with van der Waals surface area (Å²) in [5.74, 6) is -2.11. The van der Waals surface area contributed by atoms with E-state index in [-0.39, 0.29) is 10.6 Å². The number of hydrogen-bond acceptors (Lipinski definition) is 7. The first-order valence-electron chi connectivity index (χ1n) is 11.9. The van der Waals surface area contributed by atoms with Gasteiger partial charge < -0.3 is 14.8 Å². The summed E-state index contributed by atoms with van der Waals surface area (Å²) in [7, 11) is -4.05. The fraction of sp³-hybridized carbons (Fsp3) is 0.111. The van der Waals surface area contributed by atoms with Crippen LogP contribution in [0.2, 0.25) is 0 Å². The minimum atomic E-state index is -5.08. The Labute approximate surface area is 234 Å². The standard InChI is InChI=1S/C25H20N4O5S.C2HF3O2/c1-15-10-18(21-4-2-3-5-22(21)27-15)14-34-19-8-6-17-12-20(9-7-16(17)11-19)35(32,33)29-23-13-26-25(31)28-24(23)30;3-2(4,5)1(6)7/h2-13,29H,14H2,1H3,(H2,26,28,30,31);(H,6,7). The molecule has 0 saturated carbocycles. The highest BCUT2D eigenvalue weighted by Crippen LogP contribution is 2.26. The summed E-state index contributed by atoms with van der Waals surface area (Å²) in [5, 5.41) is 9.63. The van der Waals surface area contributed by atoms with Crippen molar-refractivity contribution < 1.29 is 36.2 Å². The number of fused-ring (bicyclic) bond motifs is 2. The molecule has 0 unspecified atom stereocenters. The lowest BCUT2D eigenvalue weighted by Gasteiger charge is -2.11. The summed E-state index contributed by atoms with van der Waals surface area (Å²) >= 11 is 0. The van der Waals surface area contributed by atoms with Crippen LogP contribution in [-0.2, 0) is 21.4 Å². The largest absolute Gasteiger partial charge is 0.490 e. The molecule has 2 aromatic heterocycles. The van der Waals surface area contributed by atoms with Crippen LogP contribution in [0.1, 0.15) is 11.3 Å². The molecule has 2 heterocycles. The van der Waals surface area contributed by atoms with Crippen molar-refractivity contribution in [3.63, 3.8) is 0 Å². The highest BCUT2D eigenvalue weighted by Gasteiger charge is 2.38. The molecule has 5 aromatic rings. The van der Waals surface area contributed by atoms with Gasteiger partial charge in [-0.1, -0.05) is 30.3 Å². The first kappa shape index (κ1) is 29.8. The molecule has 0 aliphatic rings. The van der Waals surface area contributed by atoms with E-state index >= 15 is 0 Å². The molecule has 11 nitrogen and oxygen atoms in total. The smallest absolute Gasteiger partial charge is 0.489 e. The number of halogens is 3. The third kappa shape index (κ3) is 7.11. The molecule has 0 spiro atoms. The summed E-state index contributed by atoms with van der Waals surface area (Å²) in [5.41, 5.74) is 0.999. The number of pyridine rings is 1. The molecule has 42 heavy (non-hydrogen) atoms. The van der Waals surface area contributed by atoms with E-state index in [4.69, 9.17) is 14.6 Å². The van der Waals surface area contributed by atoms with Crippen LogP contribution in [0.4, 0.5) is 18.9 Å². The molecule has 0 bridgehead atoms. The number of anilines is 1. The van der Waals surface area contributed by atoms with Crippen molar-refractivity contribution >= 4 is 43.4 Å². The van der Waals surface area contributed by atoms with Crippen molar-refractivity contribution in [1.29, 1.82) is 0 Å². The van der Waals surface area contributed by atoms with Crippen LogP contribution < -0.4 is 20.7 Å². The van der Waals surface area contributed by atoms with Crippen molar-refractivity contribution in [1.82, 2.24) is 15.0 Å². The number of aryl methyl sites for hydroxylation is 1. The van der Waals surface area contributed by atoms with Gasteiger partial charge in [-0.25, -0.2) is 18.0 Å². The Hall–Kier alpha value is -5.18. The Kier molecular flexibility index (Phi) is 8.33. The maximum Gasteiger partial charge on any atom is 0.490 e. The number of aliphatic carboxylic acids is 1. The second-order valence-electron chi connectivity index (χ2n) is 8.79. The fourth-order valence-corrected chi connectivity index (χ4v) is 4.91. The van der Waals surface area contributed by atoms with Gasteiger partial charge in [0, 0.05) is 22.8 Å². The second-order valence-corrected chi connectivity index (χ2v) is 10.5. The van der Waals surface area contributed by atoms with Gasteiger partial charge in [0.1, 0.15) is 18.0 Å². The first-order valence-corrected chi connectivity index (χ1v) is 13.4. The van der Waals surface area contributed by atoms with Crippen LogP contribution in [0, 0.1) is 6.92 Å². The number of benzene rings is 3. The minimum Gasteiger partial charge on any atom is -0.489 e. The van der Waals surface area contributed by atoms with E-state index in [2.05, 4.69) is 14.7 Å². The van der Waals surface area contributed by atoms with Gasteiger partial charge in [0.25, 0.3) is 15.6 Å². The number of hydrogen-bond donors (Lipinski definition) is 4. The Morgan fingerprint density at radius 3 is 2.38 bits per heavy atom. The summed E-state index contributed by atoms with van der Waals surface area (Å²) in [6.45, 7) is 2.30. The number of sulfonamides is 1. The molecule has 0 atom stereocenters. The van der Waals surface area contributed by atoms with Gasteiger partial charge >= 0.3 is 17.8 Å². The lowest BCUT2D eigenvalue weighted by Crippen LogP contribution is -2.26. The number of para-hydroxylation sites is 1. The molecule has 0 radical (unpaired) electrons. The SMILES string of the molecule is Cc1cc(COc2ccc3cc(S(=O)(=O)Nc4c[nH]c(=O)[nH]c4=O)ccc3c2)c2ccccc2n1.O=C(O)C(F)(F)F. The molecule has 5 rings (SSSR count). The number of alkyl halides is 3. The number of H-pyrrole nitrogens is 2. The Bertz CT molecular complexity index is 2020. The molecular formula is C27H21F3N4O7S. The van der Waals surface area contributed by atoms with E-state index in [0.29, 0.717) is 17.7 Å². The summed E-state index contributed by atoms with van der Waals surface area (Å²) in [6, 6.07) is 19.9. The normalized spacial score (nSPS) is 11.5. The minimum absolute atomic E-state index is 0.0250. The highest BCUT2D eigenvalue weighted by atomic mass is 32.2. The Morgan fingerprint density at radius 2 is 1.69 bits per heavy atom. The van der Waals surface area contributed by atoms with Crippen LogP contribution in [-0.4, -0.2) is 40.6 Å². The van der Waals surface area contributed by atoms with Gasteiger partial charge in [0.15, 0.2) is 0 Å². The van der Waals surface area contributed by atoms with E-state index in [1.807, 2.05) is 48.3 Å². The molecule has 0 amide bonds. The average Bonchev–Trinajstić information content (AvgIpc) is 2.92. The molecule has 4 N–H and O–H groups in total. The molecule has 0 aliphatic heterocycles. The molecule has 3 aromatic carbocycles. The average molecular weight is 603 g/mol. The highest BCUT2D eigenvalue weighted by molar-refractivity contribution is 7.92. The zero-order chi connectivity index (χ0) is 30.7. The quantitative estimate of drug-likeness (QED) is 0.225. The summed E-state index contributed by atoms with van der Waals surface area (Å²) < 4.78 is 65.5. The molecule has 0 fully saturated rings. The topological polar surface area (TPSA) is 171 Å². The van der Waals surface area contributed by atoms with Crippen LogP contribution in [0.3, 0.4) is 0 Å². The summed E-state index contributed by atoms with van der Waals surface area (Å²) in [4.78, 5) is 40.6. The molecular weight excluding hydrogens is 581 g/mol. The predicted molar refractivity (Wildman–Crippen MR) is 147 cm³/mol. The zero-order valence-corrected chi connectivity index (χ0v) is 22.3. The van der Waals surface area contributed by atoms with E-state index in [1.165, 1.54) is 12.1 Å². The van der Waals surface area contributed by atoms with E-state index in [0.717, 1.165) is 33.7 Å². The number of aromatic nitrogens is 3. The third-order valence-electron chi connectivity index (χ3n) is 5.72. The zero-order valence-electron chi connectivity index (χ0n) is 21.5. The maximum absolute atomic E-state index is 12.8. The van der Waals surface area contributed by atoms with E-state index in [1.54, 1.807) is 18.2 Å². The number of carboxylic acid groups (broad SMARTS) is 1. The monoisotopic (exact) mass is 602 g/mol. The summed E-state index contributed by atoms with van der Waals surface area (Å²) in [6.07, 6.45) is -4.07. The van der Waals surface area contributed by atoms with Gasteiger partial charge in [0.2, 0.25) is 0 Å². The number of rotatable bonds is 6. The maximum atomic E-state index is 12.8. The van der Waals surface area contributed by atoms with Crippen LogP contribution in [0.25, 0.3) is 21.7 Å². The number of nitrogens with zero attached hydrogens (tertiary/aromatic N) is 1. The van der Waals surface area contributed by atoms with Crippen molar-refractivity contribution in [3.05, 3.63) is 105 Å². The van der Waals surface area contributed by atoms with Gasteiger partial charge in [-0.3, -0.25) is 19.5 Å². The number of nitrogens with one attached hydrogen (secondary N) is 3. The molecule has 218 valence electrons. The number of carbonyl (C=O) groups is 1. The van der Waals surface area contributed by atoms with E-state index < -0.39 is 33.4 Å². The van der Waals surface area contributed by atoms with E-state index in [9.17, 15) is 31.2 Å². The van der Waals surface area contributed by atoms with Crippen molar-refractivity contribution in [2.75, 3.05) is 4.72 Å². The third-order valence-corrected chi connectivity index (χ3v) is 7.09. The molecule has 0 aliphatic carbocycles. The van der Waals surface area contributed by atoms with Crippen molar-refractivity contribution in [2.24, 2.45) is 0 Å². The first-order chi connectivity index (χ1) is 19.7. The lowest BCUT2D eigenvalue weighted by molar-refractivity contribution is -0.192. The molecule has 0 saturated heterocycles. The van der Waals surface area contributed by atoms with Gasteiger partial charge in [-0.15, -0.1) is 0 Å². The number of carboxylic acids is 1. The van der Waals surface area contributed by atoms with Gasteiger partial charge in [0.05, 0.1) is 10.4 Å². The molecule has 15 heteroatoms. The van der Waals surface area contributed by atoms with Crippen LogP contribution in [0.5, 0.6) is 5.75 Å². The van der Waals surface area contributed by atoms with Gasteiger partial charge in [-0.2, -0.15) is 13.2 Å². The predicted octanol–water partition coefficient (Wildman–Crippen LogP) is 4.09. The van der Waals surface area contributed by atoms with Gasteiger partial charge in [-0.05, 0) is 54.1 Å². The number of ether oxygens (including phenoxy) is 1.